The molecule has 2 aliphatic rings. The molecule has 8 heteroatoms. The van der Waals surface area contributed by atoms with Gasteiger partial charge in [0.1, 0.15) is 11.9 Å². The summed E-state index contributed by atoms with van der Waals surface area (Å²) in [6.07, 6.45) is 0.875. The molecule has 226 valence electrons. The van der Waals surface area contributed by atoms with Gasteiger partial charge < -0.3 is 14.3 Å². The maximum atomic E-state index is 12.8. The van der Waals surface area contributed by atoms with Crippen LogP contribution < -0.4 is 4.74 Å². The largest absolute Gasteiger partial charge is 0.573 e. The molecule has 0 radical (unpaired) electrons. The Hall–Kier alpha value is -2.16. The number of aliphatic hydroxyl groups excluding tert-OH is 1. The number of fused-ring (bicyclic) bond motifs is 1. The molecule has 1 heterocycles. The third kappa shape index (κ3) is 6.91. The number of aromatic nitrogens is 1. The first-order chi connectivity index (χ1) is 18.8. The Balaban J connectivity index is 1.95. The molecule has 1 N–H and O–H groups in total. The molecule has 1 aromatic carbocycles. The molecule has 0 amide bonds. The summed E-state index contributed by atoms with van der Waals surface area (Å²) in [4.78, 5) is 5.27. The van der Waals surface area contributed by atoms with E-state index in [0.29, 0.717) is 5.56 Å². The summed E-state index contributed by atoms with van der Waals surface area (Å²) in [5.74, 6) is -0.284. The normalized spacial score (nSPS) is 20.1. The van der Waals surface area contributed by atoms with Crippen LogP contribution in [0.25, 0.3) is 5.57 Å². The number of pyridine rings is 1. The molecular weight excluding hydrogens is 543 g/mol. The van der Waals surface area contributed by atoms with Crippen molar-refractivity contribution >= 4 is 13.9 Å². The topological polar surface area (TPSA) is 51.6 Å². The molecule has 4 rings (SSSR count). The van der Waals surface area contributed by atoms with Crippen LogP contribution in [0.3, 0.4) is 0 Å². The first-order valence-corrected chi connectivity index (χ1v) is 17.7. The van der Waals surface area contributed by atoms with Gasteiger partial charge >= 0.3 is 6.36 Å². The molecule has 1 aromatic heterocycles. The lowest BCUT2D eigenvalue weighted by Gasteiger charge is -2.45. The Bertz CT molecular complexity index is 1290. The molecule has 4 nitrogen and oxygen atoms in total. The quantitative estimate of drug-likeness (QED) is 0.327. The Morgan fingerprint density at radius 3 is 2.22 bits per heavy atom. The molecule has 0 unspecified atom stereocenters. The van der Waals surface area contributed by atoms with Crippen molar-refractivity contribution in [2.45, 2.75) is 123 Å². The summed E-state index contributed by atoms with van der Waals surface area (Å²) >= 11 is 0. The van der Waals surface area contributed by atoms with Crippen molar-refractivity contribution in [3.63, 3.8) is 0 Å². The Morgan fingerprint density at radius 2 is 1.71 bits per heavy atom. The maximum Gasteiger partial charge on any atom is 0.573 e. The van der Waals surface area contributed by atoms with Crippen LogP contribution in [0.5, 0.6) is 5.75 Å². The number of halogens is 3. The van der Waals surface area contributed by atoms with Gasteiger partial charge in [0, 0.05) is 22.5 Å². The van der Waals surface area contributed by atoms with Crippen LogP contribution in [0.15, 0.2) is 30.3 Å². The fourth-order valence-electron chi connectivity index (χ4n) is 5.91. The van der Waals surface area contributed by atoms with Crippen LogP contribution in [0.4, 0.5) is 13.2 Å². The summed E-state index contributed by atoms with van der Waals surface area (Å²) in [7, 11) is -2.17. The van der Waals surface area contributed by atoms with E-state index >= 15 is 0 Å². The van der Waals surface area contributed by atoms with Crippen molar-refractivity contribution in [1.82, 2.24) is 4.98 Å². The van der Waals surface area contributed by atoms with Crippen LogP contribution in [0, 0.1) is 5.41 Å². The molecule has 0 saturated heterocycles. The molecule has 0 bridgehead atoms. The number of hydrogen-bond acceptors (Lipinski definition) is 4. The lowest BCUT2D eigenvalue weighted by atomic mass is 9.71. The second-order valence-electron chi connectivity index (χ2n) is 14.4. The highest BCUT2D eigenvalue weighted by Gasteiger charge is 2.45. The highest BCUT2D eigenvalue weighted by molar-refractivity contribution is 6.74. The minimum absolute atomic E-state index is 0.00292. The summed E-state index contributed by atoms with van der Waals surface area (Å²) in [5.41, 5.74) is 6.47. The number of aliphatic hydroxyl groups is 1. The smallest absolute Gasteiger partial charge is 0.410 e. The average Bonchev–Trinajstić information content (AvgIpc) is 3.35. The predicted octanol–water partition coefficient (Wildman–Crippen LogP) is 9.79. The molecule has 0 spiro atoms. The fraction of sp³-hybridized carbons (Fsp3) is 0.606. The molecule has 2 aromatic rings. The second-order valence-corrected chi connectivity index (χ2v) is 19.1. The lowest BCUT2D eigenvalue weighted by Crippen LogP contribution is -2.44. The van der Waals surface area contributed by atoms with Crippen molar-refractivity contribution in [3.05, 3.63) is 64.0 Å². The van der Waals surface area contributed by atoms with Gasteiger partial charge in [-0.3, -0.25) is 4.98 Å². The fourth-order valence-corrected chi connectivity index (χ4v) is 7.17. The molecule has 0 fully saturated rings. The van der Waals surface area contributed by atoms with E-state index in [1.54, 1.807) is 0 Å². The highest BCUT2D eigenvalue weighted by atomic mass is 28.4. The van der Waals surface area contributed by atoms with Crippen LogP contribution in [-0.4, -0.2) is 24.8 Å². The second kappa shape index (κ2) is 11.2. The maximum absolute atomic E-state index is 12.8. The van der Waals surface area contributed by atoms with E-state index in [9.17, 15) is 18.3 Å². The third-order valence-electron chi connectivity index (χ3n) is 8.94. The Kier molecular flexibility index (Phi) is 8.64. The summed E-state index contributed by atoms with van der Waals surface area (Å²) in [6, 6.07) is 5.53. The van der Waals surface area contributed by atoms with Crippen LogP contribution >= 0.6 is 0 Å². The van der Waals surface area contributed by atoms with Crippen LogP contribution in [0.2, 0.25) is 18.1 Å². The van der Waals surface area contributed by atoms with Gasteiger partial charge in [0.15, 0.2) is 8.32 Å². The van der Waals surface area contributed by atoms with E-state index in [1.165, 1.54) is 29.8 Å². The highest BCUT2D eigenvalue weighted by Crippen LogP contribution is 2.52. The van der Waals surface area contributed by atoms with Crippen molar-refractivity contribution in [3.8, 4) is 5.75 Å². The van der Waals surface area contributed by atoms with E-state index in [-0.39, 0.29) is 28.2 Å². The van der Waals surface area contributed by atoms with Crippen molar-refractivity contribution in [2.75, 3.05) is 0 Å². The van der Waals surface area contributed by atoms with Gasteiger partial charge in [0.2, 0.25) is 0 Å². The summed E-state index contributed by atoms with van der Waals surface area (Å²) < 4.78 is 49.6. The van der Waals surface area contributed by atoms with E-state index in [4.69, 9.17) is 9.41 Å². The van der Waals surface area contributed by atoms with Crippen molar-refractivity contribution in [2.24, 2.45) is 5.41 Å². The molecular formula is C33H46F3NO3Si. The Labute approximate surface area is 244 Å². The number of rotatable bonds is 7. The third-order valence-corrected chi connectivity index (χ3v) is 13.4. The zero-order chi connectivity index (χ0) is 30.5. The van der Waals surface area contributed by atoms with Gasteiger partial charge in [-0.15, -0.1) is 13.2 Å². The molecule has 0 aliphatic heterocycles. The van der Waals surface area contributed by atoms with Gasteiger partial charge in [-0.1, -0.05) is 66.7 Å². The van der Waals surface area contributed by atoms with E-state index in [1.807, 2.05) is 0 Å². The zero-order valence-electron chi connectivity index (χ0n) is 26.0. The van der Waals surface area contributed by atoms with Gasteiger partial charge in [-0.2, -0.15) is 0 Å². The standard InChI is InChI=1S/C33H46F3NO3Si/c1-20(2)29-28(30(38)22-14-16-23(17-15-22)39-33(34,35)36)26(21-12-10-11-13-21)27-24(37-29)18-32(6,7)19-25(27)40-41(8,9)31(3,4)5/h12,14-17,20,25,30,38H,10-11,13,18-19H2,1-9H3/t25-,30+/m0/s1. The number of hydrogen-bond donors (Lipinski definition) is 1. The van der Waals surface area contributed by atoms with Gasteiger partial charge in [0.05, 0.1) is 6.10 Å². The average molecular weight is 590 g/mol. The minimum atomic E-state index is -4.78. The monoisotopic (exact) mass is 589 g/mol. The van der Waals surface area contributed by atoms with Crippen molar-refractivity contribution in [1.29, 1.82) is 0 Å². The lowest BCUT2D eigenvalue weighted by molar-refractivity contribution is -0.274. The first-order valence-electron chi connectivity index (χ1n) is 14.8. The zero-order valence-corrected chi connectivity index (χ0v) is 27.0. The number of allylic oxidation sites excluding steroid dienone is 2. The molecule has 2 atom stereocenters. The van der Waals surface area contributed by atoms with E-state index in [2.05, 4.69) is 72.4 Å². The summed E-state index contributed by atoms with van der Waals surface area (Å²) in [6.45, 7) is 20.0. The van der Waals surface area contributed by atoms with Crippen LogP contribution in [-0.2, 0) is 10.8 Å². The SMILES string of the molecule is CC(C)c1nc2c(c(C3=CCCC3)c1[C@H](O)c1ccc(OC(F)(F)F)cc1)[C@@H](O[Si](C)(C)C(C)(C)C)CC(C)(C)C2. The number of alkyl halides is 3. The van der Waals surface area contributed by atoms with Gasteiger partial charge in [-0.25, -0.2) is 0 Å². The molecule has 2 aliphatic carbocycles. The van der Waals surface area contributed by atoms with E-state index in [0.717, 1.165) is 60.2 Å². The van der Waals surface area contributed by atoms with Gasteiger partial charge in [0.25, 0.3) is 0 Å². The minimum Gasteiger partial charge on any atom is -0.410 e. The van der Waals surface area contributed by atoms with Crippen molar-refractivity contribution < 1.29 is 27.4 Å². The molecule has 0 saturated carbocycles. The number of benzene rings is 1. The van der Waals surface area contributed by atoms with Crippen LogP contribution in [0.1, 0.15) is 126 Å². The number of ether oxygens (including phenoxy) is 1. The van der Waals surface area contributed by atoms with Gasteiger partial charge in [-0.05, 0) is 90.4 Å². The predicted molar refractivity (Wildman–Crippen MR) is 160 cm³/mol. The molecule has 41 heavy (non-hydrogen) atoms. The Morgan fingerprint density at radius 1 is 1.07 bits per heavy atom. The summed E-state index contributed by atoms with van der Waals surface area (Å²) in [5, 5.41) is 12.0. The first kappa shape index (κ1) is 31.8. The number of nitrogens with zero attached hydrogens (tertiary/aromatic N) is 1. The van der Waals surface area contributed by atoms with E-state index < -0.39 is 20.8 Å².